The molecule has 0 aliphatic heterocycles. The summed E-state index contributed by atoms with van der Waals surface area (Å²) in [6.07, 6.45) is 1.60. The Morgan fingerprint density at radius 2 is 1.64 bits per heavy atom. The maximum absolute atomic E-state index is 14.1. The molecule has 3 rings (SSSR count). The molecule has 8 nitrogen and oxygen atoms in total. The SMILES string of the molecule is CCC(C)NC(=O)C(CC)N(CCc1ccccc1)C(=O)CN(c1ccc(OC)c(Cl)c1)S(=O)(=O)c1ccc(C)cc1. The lowest BCUT2D eigenvalue weighted by Gasteiger charge is -2.33. The predicted octanol–water partition coefficient (Wildman–Crippen LogP) is 5.62. The van der Waals surface area contributed by atoms with Crippen molar-refractivity contribution in [1.82, 2.24) is 10.2 Å². The van der Waals surface area contributed by atoms with E-state index in [0.717, 1.165) is 21.9 Å². The van der Waals surface area contributed by atoms with Crippen LogP contribution in [0.2, 0.25) is 5.02 Å². The molecule has 3 aromatic rings. The van der Waals surface area contributed by atoms with Crippen LogP contribution in [0.3, 0.4) is 0 Å². The van der Waals surface area contributed by atoms with Gasteiger partial charge < -0.3 is 15.0 Å². The number of halogens is 1. The Morgan fingerprint density at radius 3 is 2.21 bits per heavy atom. The number of methoxy groups -OCH3 is 1. The highest BCUT2D eigenvalue weighted by molar-refractivity contribution is 7.92. The second-order valence-electron chi connectivity index (χ2n) is 10.2. The predicted molar refractivity (Wildman–Crippen MR) is 168 cm³/mol. The molecule has 0 bridgehead atoms. The number of nitrogens with zero attached hydrogens (tertiary/aromatic N) is 2. The lowest BCUT2D eigenvalue weighted by molar-refractivity contribution is -0.139. The summed E-state index contributed by atoms with van der Waals surface area (Å²) in [6, 6.07) is 19.8. The topological polar surface area (TPSA) is 96.0 Å². The molecule has 0 aliphatic rings. The smallest absolute Gasteiger partial charge is 0.264 e. The van der Waals surface area contributed by atoms with E-state index < -0.39 is 28.5 Å². The van der Waals surface area contributed by atoms with Crippen molar-refractivity contribution in [1.29, 1.82) is 0 Å². The summed E-state index contributed by atoms with van der Waals surface area (Å²) in [5, 5.41) is 3.19. The van der Waals surface area contributed by atoms with Crippen molar-refractivity contribution in [3.05, 3.63) is 88.9 Å². The van der Waals surface area contributed by atoms with Crippen molar-refractivity contribution in [3.63, 3.8) is 0 Å². The van der Waals surface area contributed by atoms with E-state index in [9.17, 15) is 18.0 Å². The van der Waals surface area contributed by atoms with E-state index in [0.29, 0.717) is 18.6 Å². The number of anilines is 1. The second-order valence-corrected chi connectivity index (χ2v) is 12.5. The number of ether oxygens (including phenoxy) is 1. The van der Waals surface area contributed by atoms with Gasteiger partial charge in [0.05, 0.1) is 22.7 Å². The van der Waals surface area contributed by atoms with Crippen molar-refractivity contribution in [2.24, 2.45) is 0 Å². The van der Waals surface area contributed by atoms with Crippen LogP contribution in [0.25, 0.3) is 0 Å². The second kappa shape index (κ2) is 15.1. The Morgan fingerprint density at radius 1 is 0.976 bits per heavy atom. The van der Waals surface area contributed by atoms with E-state index >= 15 is 0 Å². The third kappa shape index (κ3) is 8.26. The van der Waals surface area contributed by atoms with E-state index in [1.165, 1.54) is 30.2 Å². The number of carbonyl (C=O) groups excluding carboxylic acids is 2. The molecule has 42 heavy (non-hydrogen) atoms. The highest BCUT2D eigenvalue weighted by Crippen LogP contribution is 2.32. The van der Waals surface area contributed by atoms with Gasteiger partial charge in [-0.15, -0.1) is 0 Å². The molecule has 0 heterocycles. The molecule has 226 valence electrons. The molecule has 0 fully saturated rings. The summed E-state index contributed by atoms with van der Waals surface area (Å²) in [5.74, 6) is -0.398. The van der Waals surface area contributed by atoms with Gasteiger partial charge in [0.15, 0.2) is 0 Å². The molecule has 2 atom stereocenters. The lowest BCUT2D eigenvalue weighted by atomic mass is 10.1. The minimum atomic E-state index is -4.19. The molecule has 1 N–H and O–H groups in total. The third-order valence-corrected chi connectivity index (χ3v) is 9.27. The largest absolute Gasteiger partial charge is 0.495 e. The van der Waals surface area contributed by atoms with E-state index in [4.69, 9.17) is 16.3 Å². The Bertz CT molecular complexity index is 1450. The van der Waals surface area contributed by atoms with Gasteiger partial charge in [0.1, 0.15) is 18.3 Å². The van der Waals surface area contributed by atoms with E-state index in [1.54, 1.807) is 24.3 Å². The van der Waals surface area contributed by atoms with Crippen LogP contribution in [0.1, 0.15) is 44.7 Å². The third-order valence-electron chi connectivity index (χ3n) is 7.18. The van der Waals surface area contributed by atoms with Gasteiger partial charge in [-0.2, -0.15) is 0 Å². The zero-order chi connectivity index (χ0) is 30.9. The van der Waals surface area contributed by atoms with Crippen molar-refractivity contribution >= 4 is 39.1 Å². The monoisotopic (exact) mass is 613 g/mol. The molecule has 2 unspecified atom stereocenters. The summed E-state index contributed by atoms with van der Waals surface area (Å²) >= 11 is 6.39. The van der Waals surface area contributed by atoms with Crippen molar-refractivity contribution < 1.29 is 22.7 Å². The van der Waals surface area contributed by atoms with Crippen LogP contribution in [0, 0.1) is 6.92 Å². The van der Waals surface area contributed by atoms with Gasteiger partial charge in [-0.1, -0.05) is 73.5 Å². The van der Waals surface area contributed by atoms with Crippen LogP contribution in [0.5, 0.6) is 5.75 Å². The normalized spacial score (nSPS) is 12.7. The summed E-state index contributed by atoms with van der Waals surface area (Å²) in [5.41, 5.74) is 2.10. The van der Waals surface area contributed by atoms with Crippen LogP contribution in [-0.4, -0.2) is 57.4 Å². The quantitative estimate of drug-likeness (QED) is 0.255. The first-order valence-corrected chi connectivity index (χ1v) is 15.9. The van der Waals surface area contributed by atoms with E-state index in [-0.39, 0.29) is 34.1 Å². The fourth-order valence-electron chi connectivity index (χ4n) is 4.51. The van der Waals surface area contributed by atoms with E-state index in [2.05, 4.69) is 5.32 Å². The number of sulfonamides is 1. The number of hydrogen-bond donors (Lipinski definition) is 1. The Kier molecular flexibility index (Phi) is 11.8. The molecule has 0 aliphatic carbocycles. The van der Waals surface area contributed by atoms with Crippen molar-refractivity contribution in [3.8, 4) is 5.75 Å². The number of aryl methyl sites for hydroxylation is 1. The maximum atomic E-state index is 14.1. The van der Waals surface area contributed by atoms with Crippen LogP contribution < -0.4 is 14.4 Å². The Balaban J connectivity index is 2.04. The average molecular weight is 614 g/mol. The summed E-state index contributed by atoms with van der Waals surface area (Å²) in [7, 11) is -2.73. The minimum absolute atomic E-state index is 0.0326. The lowest BCUT2D eigenvalue weighted by Crippen LogP contribution is -2.54. The molecule has 0 aromatic heterocycles. The van der Waals surface area contributed by atoms with Gasteiger partial charge in [-0.3, -0.25) is 13.9 Å². The number of hydrogen-bond acceptors (Lipinski definition) is 5. The van der Waals surface area contributed by atoms with Gasteiger partial charge in [0.25, 0.3) is 10.0 Å². The van der Waals surface area contributed by atoms with Gasteiger partial charge in [0, 0.05) is 12.6 Å². The molecule has 3 aromatic carbocycles. The summed E-state index contributed by atoms with van der Waals surface area (Å²) < 4.78 is 34.3. The summed E-state index contributed by atoms with van der Waals surface area (Å²) in [4.78, 5) is 29.0. The van der Waals surface area contributed by atoms with Crippen LogP contribution in [0.15, 0.2) is 77.7 Å². The molecular formula is C32H40ClN3O5S. The van der Waals surface area contributed by atoms with Crippen molar-refractivity contribution in [2.75, 3.05) is 24.5 Å². The van der Waals surface area contributed by atoms with Crippen molar-refractivity contribution in [2.45, 2.75) is 63.9 Å². The Labute approximate surface area is 254 Å². The van der Waals surface area contributed by atoms with Gasteiger partial charge in [-0.05, 0) is 69.0 Å². The first-order valence-electron chi connectivity index (χ1n) is 14.1. The maximum Gasteiger partial charge on any atom is 0.264 e. The molecule has 0 radical (unpaired) electrons. The van der Waals surface area contributed by atoms with Gasteiger partial charge in [-0.25, -0.2) is 8.42 Å². The first-order chi connectivity index (χ1) is 20.0. The van der Waals surface area contributed by atoms with Crippen LogP contribution in [0.4, 0.5) is 5.69 Å². The zero-order valence-corrected chi connectivity index (χ0v) is 26.4. The standard InChI is InChI=1S/C32H40ClN3O5S/c1-6-24(4)34-32(38)29(7-2)35(20-19-25-11-9-8-10-12-25)31(37)22-36(26-15-18-30(41-5)28(33)21-26)42(39,40)27-16-13-23(3)14-17-27/h8-18,21,24,29H,6-7,19-20,22H2,1-5H3,(H,34,38). The summed E-state index contributed by atoms with van der Waals surface area (Å²) in [6.45, 7) is 7.29. The van der Waals surface area contributed by atoms with Crippen LogP contribution in [-0.2, 0) is 26.0 Å². The number of benzene rings is 3. The molecule has 10 heteroatoms. The number of rotatable bonds is 14. The fraction of sp³-hybridized carbons (Fsp3) is 0.375. The number of amides is 2. The van der Waals surface area contributed by atoms with E-state index in [1.807, 2.05) is 58.0 Å². The average Bonchev–Trinajstić information content (AvgIpc) is 2.98. The number of carbonyl (C=O) groups is 2. The molecular weight excluding hydrogens is 574 g/mol. The molecule has 0 saturated heterocycles. The van der Waals surface area contributed by atoms with Gasteiger partial charge in [0.2, 0.25) is 11.8 Å². The fourth-order valence-corrected chi connectivity index (χ4v) is 6.17. The number of nitrogens with one attached hydrogen (secondary N) is 1. The minimum Gasteiger partial charge on any atom is -0.495 e. The molecule has 0 spiro atoms. The zero-order valence-electron chi connectivity index (χ0n) is 24.8. The highest BCUT2D eigenvalue weighted by Gasteiger charge is 2.34. The van der Waals surface area contributed by atoms with Gasteiger partial charge >= 0.3 is 0 Å². The first kappa shape index (κ1) is 32.9. The molecule has 0 saturated carbocycles. The Hall–Kier alpha value is -3.56. The highest BCUT2D eigenvalue weighted by atomic mass is 35.5. The molecule has 2 amide bonds. The van der Waals surface area contributed by atoms with Crippen LogP contribution >= 0.6 is 11.6 Å².